The summed E-state index contributed by atoms with van der Waals surface area (Å²) in [5.41, 5.74) is 1.62. The Kier molecular flexibility index (Phi) is 6.32. The second-order valence-electron chi connectivity index (χ2n) is 8.10. The number of nitrogens with zero attached hydrogens (tertiary/aromatic N) is 3. The van der Waals surface area contributed by atoms with Crippen molar-refractivity contribution in [3.63, 3.8) is 0 Å². The Hall–Kier alpha value is -3.52. The van der Waals surface area contributed by atoms with E-state index in [9.17, 15) is 14.4 Å². The van der Waals surface area contributed by atoms with Crippen molar-refractivity contribution in [2.75, 3.05) is 13.2 Å². The average molecular weight is 434 g/mol. The summed E-state index contributed by atoms with van der Waals surface area (Å²) in [5, 5.41) is 6.90. The van der Waals surface area contributed by atoms with Crippen LogP contribution >= 0.6 is 0 Å². The number of nitrogens with one attached hydrogen (secondary N) is 1. The number of benzene rings is 2. The minimum atomic E-state index is -0.718. The van der Waals surface area contributed by atoms with E-state index in [1.54, 1.807) is 18.2 Å². The molecule has 1 aromatic heterocycles. The van der Waals surface area contributed by atoms with Crippen LogP contribution < -0.4 is 16.6 Å². The zero-order valence-electron chi connectivity index (χ0n) is 18.2. The number of carbonyl (C=O) groups excluding carboxylic acids is 1. The number of hydrogen-bond acceptors (Lipinski definition) is 5. The Bertz CT molecular complexity index is 1240. The fraction of sp³-hybridized carbons (Fsp3) is 0.333. The van der Waals surface area contributed by atoms with E-state index in [1.807, 2.05) is 44.2 Å². The van der Waals surface area contributed by atoms with E-state index >= 15 is 0 Å². The van der Waals surface area contributed by atoms with Crippen molar-refractivity contribution in [2.45, 2.75) is 39.3 Å². The lowest BCUT2D eigenvalue weighted by Gasteiger charge is -2.14. The van der Waals surface area contributed by atoms with Crippen molar-refractivity contribution in [1.29, 1.82) is 0 Å². The highest BCUT2D eigenvalue weighted by molar-refractivity contribution is 5.91. The highest BCUT2D eigenvalue weighted by atomic mass is 16.5. The molecular weight excluding hydrogens is 408 g/mol. The molecule has 0 radical (unpaired) electrons. The number of ether oxygens (including phenoxy) is 1. The quantitative estimate of drug-likeness (QED) is 0.640. The second-order valence-corrected chi connectivity index (χ2v) is 8.10. The molecule has 1 saturated heterocycles. The van der Waals surface area contributed by atoms with Crippen molar-refractivity contribution in [3.8, 4) is 5.69 Å². The van der Waals surface area contributed by atoms with Crippen LogP contribution in [0.2, 0.25) is 0 Å². The van der Waals surface area contributed by atoms with Crippen LogP contribution in [-0.4, -0.2) is 39.5 Å². The monoisotopic (exact) mass is 434 g/mol. The Morgan fingerprint density at radius 2 is 1.91 bits per heavy atom. The van der Waals surface area contributed by atoms with Gasteiger partial charge in [0.15, 0.2) is 0 Å². The standard InChI is InChI=1S/C24H26N4O4/c1-16-8-10-18(11-9-16)15-27-23(30)21(22(29)25-14-20-7-4-12-32-20)26-28(24(27)31)19-6-3-5-17(2)13-19/h3,5-6,8-11,13,20H,4,7,12,14-15H2,1-2H3,(H,25,29). The lowest BCUT2D eigenvalue weighted by molar-refractivity contribution is 0.0849. The molecule has 1 atom stereocenters. The smallest absolute Gasteiger partial charge is 0.352 e. The van der Waals surface area contributed by atoms with Crippen molar-refractivity contribution in [2.24, 2.45) is 0 Å². The topological polar surface area (TPSA) is 95.2 Å². The molecule has 2 heterocycles. The number of aryl methyl sites for hydroxylation is 2. The van der Waals surface area contributed by atoms with E-state index in [0.717, 1.165) is 38.8 Å². The first kappa shape index (κ1) is 21.7. The first-order valence-corrected chi connectivity index (χ1v) is 10.7. The second kappa shape index (κ2) is 9.32. The number of hydrogen-bond donors (Lipinski definition) is 1. The van der Waals surface area contributed by atoms with E-state index in [0.29, 0.717) is 18.8 Å². The molecule has 8 heteroatoms. The van der Waals surface area contributed by atoms with Crippen molar-refractivity contribution >= 4 is 5.91 Å². The minimum absolute atomic E-state index is 0.0400. The maximum Gasteiger partial charge on any atom is 0.352 e. The van der Waals surface area contributed by atoms with Crippen molar-refractivity contribution in [1.82, 2.24) is 19.7 Å². The molecule has 166 valence electrons. The van der Waals surface area contributed by atoms with Crippen LogP contribution in [0.25, 0.3) is 5.69 Å². The SMILES string of the molecule is Cc1ccc(Cn2c(=O)c(C(=O)NCC3CCCO3)nn(-c3cccc(C)c3)c2=O)cc1. The highest BCUT2D eigenvalue weighted by Gasteiger charge is 2.22. The zero-order chi connectivity index (χ0) is 22.7. The van der Waals surface area contributed by atoms with Gasteiger partial charge in [0.25, 0.3) is 11.5 Å². The summed E-state index contributed by atoms with van der Waals surface area (Å²) in [4.78, 5) is 39.2. The van der Waals surface area contributed by atoms with Crippen LogP contribution in [0.15, 0.2) is 58.1 Å². The third-order valence-corrected chi connectivity index (χ3v) is 5.50. The number of rotatable bonds is 6. The van der Waals surface area contributed by atoms with Gasteiger partial charge in [-0.1, -0.05) is 42.0 Å². The number of aromatic nitrogens is 3. The molecule has 0 saturated carbocycles. The minimum Gasteiger partial charge on any atom is -0.376 e. The van der Waals surface area contributed by atoms with Crippen LogP contribution in [0.4, 0.5) is 0 Å². The van der Waals surface area contributed by atoms with Gasteiger partial charge in [-0.05, 0) is 49.9 Å². The third kappa shape index (κ3) is 4.70. The molecule has 1 N–H and O–H groups in total. The van der Waals surface area contributed by atoms with Gasteiger partial charge in [0.2, 0.25) is 5.69 Å². The summed E-state index contributed by atoms with van der Waals surface area (Å²) >= 11 is 0. The summed E-state index contributed by atoms with van der Waals surface area (Å²) in [6.45, 7) is 4.86. The van der Waals surface area contributed by atoms with Crippen molar-refractivity contribution < 1.29 is 9.53 Å². The van der Waals surface area contributed by atoms with Gasteiger partial charge in [0.05, 0.1) is 18.3 Å². The number of amides is 1. The largest absolute Gasteiger partial charge is 0.376 e. The molecule has 8 nitrogen and oxygen atoms in total. The first-order valence-electron chi connectivity index (χ1n) is 10.7. The van der Waals surface area contributed by atoms with Gasteiger partial charge in [-0.2, -0.15) is 9.78 Å². The van der Waals surface area contributed by atoms with Gasteiger partial charge in [0.1, 0.15) is 0 Å². The lowest BCUT2D eigenvalue weighted by atomic mass is 10.1. The Morgan fingerprint density at radius 1 is 1.12 bits per heavy atom. The van der Waals surface area contributed by atoms with Gasteiger partial charge in [-0.25, -0.2) is 4.79 Å². The van der Waals surface area contributed by atoms with E-state index in [2.05, 4.69) is 10.4 Å². The molecular formula is C24H26N4O4. The third-order valence-electron chi connectivity index (χ3n) is 5.50. The molecule has 1 amide bonds. The van der Waals surface area contributed by atoms with Crippen LogP contribution in [0.3, 0.4) is 0 Å². The van der Waals surface area contributed by atoms with Crippen LogP contribution in [0.5, 0.6) is 0 Å². The molecule has 1 aliphatic heterocycles. The van der Waals surface area contributed by atoms with Gasteiger partial charge < -0.3 is 10.1 Å². The molecule has 1 unspecified atom stereocenters. The van der Waals surface area contributed by atoms with Crippen LogP contribution in [-0.2, 0) is 11.3 Å². The summed E-state index contributed by atoms with van der Waals surface area (Å²) in [5.74, 6) is -0.621. The highest BCUT2D eigenvalue weighted by Crippen LogP contribution is 2.11. The summed E-state index contributed by atoms with van der Waals surface area (Å²) in [7, 11) is 0. The first-order chi connectivity index (χ1) is 15.4. The Balaban J connectivity index is 1.76. The predicted octanol–water partition coefficient (Wildman–Crippen LogP) is 1.97. The summed E-state index contributed by atoms with van der Waals surface area (Å²) in [6.07, 6.45) is 1.73. The lowest BCUT2D eigenvalue weighted by Crippen LogP contribution is -2.46. The van der Waals surface area contributed by atoms with Crippen LogP contribution in [0, 0.1) is 13.8 Å². The van der Waals surface area contributed by atoms with Gasteiger partial charge in [-0.15, -0.1) is 0 Å². The zero-order valence-corrected chi connectivity index (χ0v) is 18.2. The van der Waals surface area contributed by atoms with Gasteiger partial charge >= 0.3 is 5.69 Å². The Labute approximate surface area is 185 Å². The Morgan fingerprint density at radius 3 is 2.59 bits per heavy atom. The molecule has 0 bridgehead atoms. The number of carbonyl (C=O) groups is 1. The molecule has 1 fully saturated rings. The van der Waals surface area contributed by atoms with E-state index < -0.39 is 17.2 Å². The fourth-order valence-corrected chi connectivity index (χ4v) is 3.70. The van der Waals surface area contributed by atoms with Crippen molar-refractivity contribution in [3.05, 3.63) is 91.8 Å². The fourth-order valence-electron chi connectivity index (χ4n) is 3.70. The maximum absolute atomic E-state index is 13.2. The maximum atomic E-state index is 13.2. The van der Waals surface area contributed by atoms with E-state index in [1.165, 1.54) is 0 Å². The summed E-state index contributed by atoms with van der Waals surface area (Å²) < 4.78 is 7.70. The molecule has 0 spiro atoms. The van der Waals surface area contributed by atoms with Gasteiger partial charge in [0, 0.05) is 13.2 Å². The molecule has 1 aliphatic rings. The average Bonchev–Trinajstić information content (AvgIpc) is 3.30. The molecule has 2 aromatic carbocycles. The summed E-state index contributed by atoms with van der Waals surface area (Å²) in [6, 6.07) is 14.7. The van der Waals surface area contributed by atoms with E-state index in [-0.39, 0.29) is 18.3 Å². The van der Waals surface area contributed by atoms with E-state index in [4.69, 9.17) is 4.74 Å². The normalized spacial score (nSPS) is 15.6. The predicted molar refractivity (Wildman–Crippen MR) is 120 cm³/mol. The molecule has 0 aliphatic carbocycles. The molecule has 3 aromatic rings. The molecule has 32 heavy (non-hydrogen) atoms. The van der Waals surface area contributed by atoms with Crippen LogP contribution in [0.1, 0.15) is 40.0 Å². The molecule has 4 rings (SSSR count). The van der Waals surface area contributed by atoms with Gasteiger partial charge in [-0.3, -0.25) is 14.2 Å².